The predicted molar refractivity (Wildman–Crippen MR) is 158 cm³/mol. The maximum absolute atomic E-state index is 13.7. The zero-order chi connectivity index (χ0) is 27.0. The zero-order valence-corrected chi connectivity index (χ0v) is 26.5. The van der Waals surface area contributed by atoms with E-state index >= 15 is 0 Å². The van der Waals surface area contributed by atoms with Gasteiger partial charge < -0.3 is 0 Å². The molecule has 0 saturated carbocycles. The maximum atomic E-state index is 13.7. The van der Waals surface area contributed by atoms with E-state index in [9.17, 15) is 8.42 Å². The van der Waals surface area contributed by atoms with Crippen LogP contribution < -0.4 is 24.9 Å². The standard InChI is InChI=1S/3C9H11O.C4H7O2S.Sn/c3*1-2-8-10-9-6-4-3-5-7-9;5-7(6)3-1-2-4-7;/h3*4-7H,2,8H2,1H3;3H,1-2,4H2;. The molecule has 0 spiro atoms. The van der Waals surface area contributed by atoms with E-state index in [0.717, 1.165) is 47.2 Å². The number of benzene rings is 3. The third-order valence-corrected chi connectivity index (χ3v) is 28.8. The summed E-state index contributed by atoms with van der Waals surface area (Å²) >= 11 is -4.14. The Bertz CT molecular complexity index is 1130. The molecule has 7 heteroatoms. The molecule has 1 fully saturated rings. The summed E-state index contributed by atoms with van der Waals surface area (Å²) in [5, 5.41) is 0. The number of sulfone groups is 1. The van der Waals surface area contributed by atoms with Crippen LogP contribution in [0.25, 0.3) is 0 Å². The Labute approximate surface area is 232 Å². The molecule has 1 aliphatic rings. The van der Waals surface area contributed by atoms with Gasteiger partial charge in [-0.15, -0.1) is 0 Å². The molecule has 38 heavy (non-hydrogen) atoms. The van der Waals surface area contributed by atoms with Gasteiger partial charge in [0.1, 0.15) is 0 Å². The molecule has 0 aromatic heterocycles. The predicted octanol–water partition coefficient (Wildman–Crippen LogP) is 4.64. The van der Waals surface area contributed by atoms with E-state index in [1.165, 1.54) is 0 Å². The van der Waals surface area contributed by atoms with E-state index in [1.807, 2.05) is 36.4 Å². The number of rotatable bonds is 13. The Morgan fingerprint density at radius 2 is 0.974 bits per heavy atom. The van der Waals surface area contributed by atoms with Gasteiger partial charge in [-0.3, -0.25) is 0 Å². The van der Waals surface area contributed by atoms with Gasteiger partial charge in [0.2, 0.25) is 0 Å². The molecule has 5 nitrogen and oxygen atoms in total. The van der Waals surface area contributed by atoms with E-state index in [1.54, 1.807) is 0 Å². The van der Waals surface area contributed by atoms with Gasteiger partial charge >= 0.3 is 233 Å². The monoisotopic (exact) mass is 644 g/mol. The van der Waals surface area contributed by atoms with Crippen molar-refractivity contribution in [1.82, 2.24) is 0 Å². The Morgan fingerprint density at radius 3 is 1.24 bits per heavy atom. The summed E-state index contributed by atoms with van der Waals surface area (Å²) in [6, 6.07) is 24.8. The molecular formula is C31H40O5SSn. The van der Waals surface area contributed by atoms with Crippen LogP contribution in [-0.4, -0.2) is 55.6 Å². The van der Waals surface area contributed by atoms with Gasteiger partial charge in [0.25, 0.3) is 0 Å². The second kappa shape index (κ2) is 13.2. The van der Waals surface area contributed by atoms with Crippen LogP contribution in [0.4, 0.5) is 0 Å². The summed E-state index contributed by atoms with van der Waals surface area (Å²) in [6.45, 7) is 8.23. The van der Waals surface area contributed by atoms with E-state index in [-0.39, 0.29) is 9.02 Å². The van der Waals surface area contributed by atoms with Crippen LogP contribution in [0.5, 0.6) is 17.2 Å². The molecular weight excluding hydrogens is 603 g/mol. The molecule has 3 aromatic rings. The van der Waals surface area contributed by atoms with E-state index < -0.39 is 28.2 Å². The number of ether oxygens (including phenoxy) is 3. The Morgan fingerprint density at radius 1 is 0.632 bits per heavy atom. The van der Waals surface area contributed by atoms with Crippen LogP contribution in [0, 0.1) is 0 Å². The first kappa shape index (κ1) is 28.8. The van der Waals surface area contributed by atoms with E-state index in [0.29, 0.717) is 32.7 Å². The fraction of sp³-hybridized carbons (Fsp3) is 0.419. The van der Waals surface area contributed by atoms with Gasteiger partial charge in [-0.1, -0.05) is 0 Å². The summed E-state index contributed by atoms with van der Waals surface area (Å²) in [7, 11) is -3.26. The van der Waals surface area contributed by atoms with Crippen LogP contribution >= 0.6 is 0 Å². The Hall–Kier alpha value is -2.19. The summed E-state index contributed by atoms with van der Waals surface area (Å²) in [5.41, 5.74) is 0. The molecule has 0 amide bonds. The molecule has 1 heterocycles. The van der Waals surface area contributed by atoms with Crippen LogP contribution in [0.15, 0.2) is 72.8 Å². The van der Waals surface area contributed by atoms with Crippen LogP contribution in [0.2, 0.25) is 0 Å². The normalized spacial score (nSPS) is 16.8. The molecule has 1 atom stereocenters. The van der Waals surface area contributed by atoms with Crippen molar-refractivity contribution in [2.24, 2.45) is 0 Å². The molecule has 204 valence electrons. The Kier molecular flexibility index (Phi) is 10.0. The van der Waals surface area contributed by atoms with Gasteiger partial charge in [0.05, 0.1) is 0 Å². The van der Waals surface area contributed by atoms with Crippen molar-refractivity contribution in [2.75, 3.05) is 25.6 Å². The third-order valence-electron chi connectivity index (χ3n) is 7.16. The molecule has 1 saturated heterocycles. The molecule has 0 N–H and O–H groups in total. The first-order chi connectivity index (χ1) is 18.5. The van der Waals surface area contributed by atoms with Crippen molar-refractivity contribution in [2.45, 2.75) is 56.1 Å². The summed E-state index contributed by atoms with van der Waals surface area (Å²) in [5.74, 6) is 2.70. The van der Waals surface area contributed by atoms with Crippen LogP contribution in [0.1, 0.15) is 52.9 Å². The topological polar surface area (TPSA) is 61.8 Å². The molecule has 1 unspecified atom stereocenters. The van der Waals surface area contributed by atoms with Crippen molar-refractivity contribution in [3.05, 3.63) is 72.8 Å². The summed E-state index contributed by atoms with van der Waals surface area (Å²) in [6.07, 6.45) is 4.20. The van der Waals surface area contributed by atoms with Crippen LogP contribution in [-0.2, 0) is 9.84 Å². The Balaban J connectivity index is 1.92. The van der Waals surface area contributed by atoms with E-state index in [4.69, 9.17) is 14.2 Å². The van der Waals surface area contributed by atoms with E-state index in [2.05, 4.69) is 57.2 Å². The molecule has 3 aromatic carbocycles. The number of hydrogen-bond acceptors (Lipinski definition) is 5. The fourth-order valence-electron chi connectivity index (χ4n) is 5.44. The summed E-state index contributed by atoms with van der Waals surface area (Å²) < 4.78 is 48.1. The van der Waals surface area contributed by atoms with Crippen molar-refractivity contribution >= 4 is 39.0 Å². The average molecular weight is 643 g/mol. The summed E-state index contributed by atoms with van der Waals surface area (Å²) in [4.78, 5) is 0. The second-order valence-corrected chi connectivity index (χ2v) is 25.0. The zero-order valence-electron chi connectivity index (χ0n) is 22.8. The average Bonchev–Trinajstić information content (AvgIpc) is 3.31. The van der Waals surface area contributed by atoms with Gasteiger partial charge in [-0.25, -0.2) is 0 Å². The molecule has 1 aliphatic heterocycles. The third kappa shape index (κ3) is 6.17. The minimum absolute atomic E-state index is 0.253. The fourth-order valence-corrected chi connectivity index (χ4v) is 29.5. The van der Waals surface area contributed by atoms with Gasteiger partial charge in [-0.2, -0.15) is 0 Å². The van der Waals surface area contributed by atoms with Gasteiger partial charge in [0.15, 0.2) is 0 Å². The molecule has 0 bridgehead atoms. The quantitative estimate of drug-likeness (QED) is 0.254. The molecule has 0 aliphatic carbocycles. The van der Waals surface area contributed by atoms with Crippen molar-refractivity contribution in [1.29, 1.82) is 0 Å². The molecule has 4 rings (SSSR count). The van der Waals surface area contributed by atoms with Crippen molar-refractivity contribution < 1.29 is 22.6 Å². The van der Waals surface area contributed by atoms with Gasteiger partial charge in [-0.05, 0) is 0 Å². The number of hydrogen-bond donors (Lipinski definition) is 0. The first-order valence-corrected chi connectivity index (χ1v) is 21.5. The van der Waals surface area contributed by atoms with Gasteiger partial charge in [0, 0.05) is 0 Å². The van der Waals surface area contributed by atoms with Crippen molar-refractivity contribution in [3.8, 4) is 17.2 Å². The molecule has 0 radical (unpaired) electrons. The van der Waals surface area contributed by atoms with Crippen molar-refractivity contribution in [3.63, 3.8) is 0 Å². The minimum atomic E-state index is -4.14. The second-order valence-electron chi connectivity index (χ2n) is 9.92. The SMILES string of the molecule is CCCOc1cc[c]([Sn]([c]2ccc(OCCC)cc2)([c]2ccc(OCCC)cc2)[CH]2CCCS2(=O)=O)cc1. The first-order valence-electron chi connectivity index (χ1n) is 13.9. The van der Waals surface area contributed by atoms with Crippen LogP contribution in [0.3, 0.4) is 0 Å².